The predicted molar refractivity (Wildman–Crippen MR) is 77.6 cm³/mol. The maximum Gasteiger partial charge on any atom is 0.253 e. The van der Waals surface area contributed by atoms with E-state index in [0.717, 1.165) is 37.1 Å². The largest absolute Gasteiger partial charge is 0.384 e. The van der Waals surface area contributed by atoms with Crippen molar-refractivity contribution in [1.29, 1.82) is 0 Å². The molecule has 3 heteroatoms. The summed E-state index contributed by atoms with van der Waals surface area (Å²) in [6.07, 6.45) is 7.22. The molecule has 1 aliphatic carbocycles. The normalized spacial score (nSPS) is 18.8. The van der Waals surface area contributed by atoms with Crippen molar-refractivity contribution < 1.29 is 4.79 Å². The van der Waals surface area contributed by atoms with Crippen LogP contribution in [0.25, 0.3) is 0 Å². The third-order valence-corrected chi connectivity index (χ3v) is 4.51. The number of amides is 1. The molecule has 1 heterocycles. The minimum atomic E-state index is 0.170. The van der Waals surface area contributed by atoms with E-state index in [4.69, 9.17) is 0 Å². The van der Waals surface area contributed by atoms with E-state index in [1.54, 1.807) is 0 Å². The molecule has 0 saturated heterocycles. The molecule has 1 fully saturated rings. The fraction of sp³-hybridized carbons (Fsp3) is 0.562. The summed E-state index contributed by atoms with van der Waals surface area (Å²) >= 11 is 0. The summed E-state index contributed by atoms with van der Waals surface area (Å²) in [5.74, 6) is 0.170. The topological polar surface area (TPSA) is 32.3 Å². The maximum absolute atomic E-state index is 12.5. The molecule has 102 valence electrons. The van der Waals surface area contributed by atoms with E-state index in [0.29, 0.717) is 6.04 Å². The molecule has 3 rings (SSSR count). The average molecular weight is 258 g/mol. The lowest BCUT2D eigenvalue weighted by Crippen LogP contribution is -2.38. The number of benzene rings is 1. The second-order valence-corrected chi connectivity index (χ2v) is 5.76. The Balaban J connectivity index is 1.75. The van der Waals surface area contributed by atoms with Crippen LogP contribution in [0, 0.1) is 0 Å². The molecule has 19 heavy (non-hydrogen) atoms. The zero-order valence-corrected chi connectivity index (χ0v) is 11.6. The van der Waals surface area contributed by atoms with E-state index in [-0.39, 0.29) is 5.91 Å². The lowest BCUT2D eigenvalue weighted by molar-refractivity contribution is 0.0696. The van der Waals surface area contributed by atoms with E-state index < -0.39 is 0 Å². The Kier molecular flexibility index (Phi) is 3.45. The summed E-state index contributed by atoms with van der Waals surface area (Å²) in [7, 11) is 1.96. The Hall–Kier alpha value is -1.51. The summed E-state index contributed by atoms with van der Waals surface area (Å²) in [5, 5.41) is 3.34. The predicted octanol–water partition coefficient (Wildman–Crippen LogP) is 3.06. The number of hydrogen-bond donors (Lipinski definition) is 1. The number of anilines is 1. The van der Waals surface area contributed by atoms with Crippen LogP contribution in [0.4, 0.5) is 5.69 Å². The number of rotatable bonds is 2. The standard InChI is InChI=1S/C16H22N2O/c1-18(14-5-3-2-4-6-14)16(19)13-8-7-12-9-10-17-15(12)11-13/h7-8,11,14,17H,2-6,9-10H2,1H3. The molecule has 1 saturated carbocycles. The van der Waals surface area contributed by atoms with Gasteiger partial charge in [0.25, 0.3) is 5.91 Å². The van der Waals surface area contributed by atoms with Gasteiger partial charge in [0.15, 0.2) is 0 Å². The summed E-state index contributed by atoms with van der Waals surface area (Å²) < 4.78 is 0. The minimum Gasteiger partial charge on any atom is -0.384 e. The van der Waals surface area contributed by atoms with E-state index >= 15 is 0 Å². The van der Waals surface area contributed by atoms with Gasteiger partial charge in [-0.25, -0.2) is 0 Å². The fourth-order valence-corrected chi connectivity index (χ4v) is 3.26. The van der Waals surface area contributed by atoms with Gasteiger partial charge in [0.05, 0.1) is 0 Å². The van der Waals surface area contributed by atoms with Crippen LogP contribution in [0.1, 0.15) is 48.0 Å². The molecule has 3 nitrogen and oxygen atoms in total. The van der Waals surface area contributed by atoms with Crippen molar-refractivity contribution in [3.8, 4) is 0 Å². The van der Waals surface area contributed by atoms with E-state index in [1.165, 1.54) is 24.8 Å². The molecule has 2 aliphatic rings. The molecule has 1 N–H and O–H groups in total. The van der Waals surface area contributed by atoms with E-state index in [2.05, 4.69) is 11.4 Å². The molecule has 0 unspecified atom stereocenters. The molecule has 0 spiro atoms. The Labute approximate surface area is 115 Å². The van der Waals surface area contributed by atoms with Crippen LogP contribution in [-0.2, 0) is 6.42 Å². The monoisotopic (exact) mass is 258 g/mol. The van der Waals surface area contributed by atoms with Gasteiger partial charge in [0.2, 0.25) is 0 Å². The highest BCUT2D eigenvalue weighted by Crippen LogP contribution is 2.26. The van der Waals surface area contributed by atoms with E-state index in [1.807, 2.05) is 24.1 Å². The highest BCUT2D eigenvalue weighted by molar-refractivity contribution is 5.95. The van der Waals surface area contributed by atoms with Crippen molar-refractivity contribution in [1.82, 2.24) is 4.90 Å². The van der Waals surface area contributed by atoms with Gasteiger partial charge in [-0.05, 0) is 37.0 Å². The first kappa shape index (κ1) is 12.5. The number of hydrogen-bond acceptors (Lipinski definition) is 2. The maximum atomic E-state index is 12.5. The Morgan fingerprint density at radius 1 is 1.26 bits per heavy atom. The molecular weight excluding hydrogens is 236 g/mol. The summed E-state index contributed by atoms with van der Waals surface area (Å²) in [6, 6.07) is 6.52. The Bertz CT molecular complexity index is 478. The van der Waals surface area contributed by atoms with Gasteiger partial charge in [0, 0.05) is 30.9 Å². The van der Waals surface area contributed by atoms with Gasteiger partial charge in [-0.2, -0.15) is 0 Å². The average Bonchev–Trinajstić information content (AvgIpc) is 2.94. The second-order valence-electron chi connectivity index (χ2n) is 5.76. The number of nitrogens with zero attached hydrogens (tertiary/aromatic N) is 1. The summed E-state index contributed by atoms with van der Waals surface area (Å²) in [6.45, 7) is 0.992. The zero-order valence-electron chi connectivity index (χ0n) is 11.6. The lowest BCUT2D eigenvalue weighted by atomic mass is 9.94. The molecule has 1 aromatic rings. The number of carbonyl (C=O) groups excluding carboxylic acids is 1. The third-order valence-electron chi connectivity index (χ3n) is 4.51. The second kappa shape index (κ2) is 5.24. The quantitative estimate of drug-likeness (QED) is 0.884. The van der Waals surface area contributed by atoms with Gasteiger partial charge in [-0.15, -0.1) is 0 Å². The molecule has 0 bridgehead atoms. The fourth-order valence-electron chi connectivity index (χ4n) is 3.26. The minimum absolute atomic E-state index is 0.170. The Morgan fingerprint density at radius 2 is 2.05 bits per heavy atom. The van der Waals surface area contributed by atoms with Gasteiger partial charge in [0.1, 0.15) is 0 Å². The molecule has 1 amide bonds. The highest BCUT2D eigenvalue weighted by atomic mass is 16.2. The SMILES string of the molecule is CN(C(=O)c1ccc2c(c1)NCC2)C1CCCCC1. The smallest absolute Gasteiger partial charge is 0.253 e. The number of carbonyl (C=O) groups is 1. The van der Waals surface area contributed by atoms with Crippen molar-refractivity contribution in [2.45, 2.75) is 44.6 Å². The van der Waals surface area contributed by atoms with Gasteiger partial charge in [-0.1, -0.05) is 25.3 Å². The molecular formula is C16H22N2O. The first-order valence-electron chi connectivity index (χ1n) is 7.39. The molecule has 0 aromatic heterocycles. The number of fused-ring (bicyclic) bond motifs is 1. The molecule has 1 aliphatic heterocycles. The van der Waals surface area contributed by atoms with Crippen molar-refractivity contribution in [3.05, 3.63) is 29.3 Å². The van der Waals surface area contributed by atoms with Crippen molar-refractivity contribution >= 4 is 11.6 Å². The first-order valence-corrected chi connectivity index (χ1v) is 7.39. The highest BCUT2D eigenvalue weighted by Gasteiger charge is 2.23. The Morgan fingerprint density at radius 3 is 2.84 bits per heavy atom. The summed E-state index contributed by atoms with van der Waals surface area (Å²) in [4.78, 5) is 14.5. The summed E-state index contributed by atoms with van der Waals surface area (Å²) in [5.41, 5.74) is 3.29. The van der Waals surface area contributed by atoms with E-state index in [9.17, 15) is 4.79 Å². The van der Waals surface area contributed by atoms with Crippen LogP contribution < -0.4 is 5.32 Å². The van der Waals surface area contributed by atoms with Crippen LogP contribution in [-0.4, -0.2) is 30.4 Å². The molecule has 0 atom stereocenters. The van der Waals surface area contributed by atoms with Crippen molar-refractivity contribution in [3.63, 3.8) is 0 Å². The first-order chi connectivity index (χ1) is 9.25. The van der Waals surface area contributed by atoms with Crippen molar-refractivity contribution in [2.75, 3.05) is 18.9 Å². The van der Waals surface area contributed by atoms with Crippen LogP contribution in [0.2, 0.25) is 0 Å². The molecule has 0 radical (unpaired) electrons. The van der Waals surface area contributed by atoms with Gasteiger partial charge >= 0.3 is 0 Å². The van der Waals surface area contributed by atoms with Crippen LogP contribution in [0.5, 0.6) is 0 Å². The lowest BCUT2D eigenvalue weighted by Gasteiger charge is -2.31. The van der Waals surface area contributed by atoms with Crippen LogP contribution in [0.15, 0.2) is 18.2 Å². The van der Waals surface area contributed by atoms with Gasteiger partial charge in [-0.3, -0.25) is 4.79 Å². The third kappa shape index (κ3) is 2.46. The van der Waals surface area contributed by atoms with Crippen molar-refractivity contribution in [2.24, 2.45) is 0 Å². The zero-order chi connectivity index (χ0) is 13.2. The molecule has 1 aromatic carbocycles. The van der Waals surface area contributed by atoms with Gasteiger partial charge < -0.3 is 10.2 Å². The van der Waals surface area contributed by atoms with Crippen LogP contribution in [0.3, 0.4) is 0 Å². The number of nitrogens with one attached hydrogen (secondary N) is 1. The van der Waals surface area contributed by atoms with Crippen LogP contribution >= 0.6 is 0 Å².